The van der Waals surface area contributed by atoms with E-state index in [4.69, 9.17) is 23.2 Å². The van der Waals surface area contributed by atoms with Gasteiger partial charge in [-0.15, -0.1) is 0 Å². The van der Waals surface area contributed by atoms with Crippen LogP contribution >= 0.6 is 23.2 Å². The third kappa shape index (κ3) is 4.99. The Hall–Kier alpha value is -2.39. The Labute approximate surface area is 197 Å². The van der Waals surface area contributed by atoms with Gasteiger partial charge in [0.15, 0.2) is 0 Å². The zero-order chi connectivity index (χ0) is 22.7. The largest absolute Gasteiger partial charge is 0.311 e. The molecule has 1 fully saturated rings. The van der Waals surface area contributed by atoms with Crippen molar-refractivity contribution in [3.05, 3.63) is 76.4 Å². The van der Waals surface area contributed by atoms with Crippen LogP contribution in [-0.4, -0.2) is 41.5 Å². The second-order valence-corrected chi connectivity index (χ2v) is 10.4. The van der Waals surface area contributed by atoms with Crippen molar-refractivity contribution in [1.29, 1.82) is 0 Å². The minimum absolute atomic E-state index is 0.144. The molecule has 2 heterocycles. The lowest BCUT2D eigenvalue weighted by atomic mass is 9.97. The highest BCUT2D eigenvalue weighted by molar-refractivity contribution is 7.89. The van der Waals surface area contributed by atoms with E-state index in [0.29, 0.717) is 35.2 Å². The fourth-order valence-corrected chi connectivity index (χ4v) is 5.49. The molecule has 3 aromatic rings. The van der Waals surface area contributed by atoms with Crippen LogP contribution in [-0.2, 0) is 21.4 Å². The van der Waals surface area contributed by atoms with Crippen LogP contribution in [0.4, 0.5) is 5.82 Å². The van der Waals surface area contributed by atoms with Crippen molar-refractivity contribution in [2.75, 3.05) is 18.4 Å². The SMILES string of the molecule is O=C(Nc1ccnn1Cc1ccccc1Cl)C1CCN(S(=O)(=O)c2ccc(Cl)cc2)CC1. The van der Waals surface area contributed by atoms with Crippen LogP contribution in [0.15, 0.2) is 65.7 Å². The maximum Gasteiger partial charge on any atom is 0.243 e. The van der Waals surface area contributed by atoms with E-state index in [1.165, 1.54) is 16.4 Å². The highest BCUT2D eigenvalue weighted by atomic mass is 35.5. The normalized spacial score (nSPS) is 15.6. The minimum atomic E-state index is -3.61. The van der Waals surface area contributed by atoms with Gasteiger partial charge in [-0.05, 0) is 48.7 Å². The van der Waals surface area contributed by atoms with Crippen molar-refractivity contribution >= 4 is 45.0 Å². The number of benzene rings is 2. The zero-order valence-corrected chi connectivity index (χ0v) is 19.4. The molecule has 0 radical (unpaired) electrons. The summed E-state index contributed by atoms with van der Waals surface area (Å²) < 4.78 is 28.8. The van der Waals surface area contributed by atoms with Gasteiger partial charge in [-0.25, -0.2) is 13.1 Å². The maximum atomic E-state index is 12.8. The van der Waals surface area contributed by atoms with E-state index in [1.807, 2.05) is 24.3 Å². The smallest absolute Gasteiger partial charge is 0.243 e. The van der Waals surface area contributed by atoms with Crippen molar-refractivity contribution < 1.29 is 13.2 Å². The van der Waals surface area contributed by atoms with E-state index in [-0.39, 0.29) is 29.8 Å². The van der Waals surface area contributed by atoms with Gasteiger partial charge in [-0.1, -0.05) is 41.4 Å². The number of piperidine rings is 1. The Kier molecular flexibility index (Phi) is 6.85. The monoisotopic (exact) mass is 492 g/mol. The van der Waals surface area contributed by atoms with Gasteiger partial charge in [0.1, 0.15) is 5.82 Å². The first-order valence-electron chi connectivity index (χ1n) is 10.2. The third-order valence-electron chi connectivity index (χ3n) is 5.52. The molecule has 168 valence electrons. The average Bonchev–Trinajstić information content (AvgIpc) is 3.22. The number of carbonyl (C=O) groups excluding carboxylic acids is 1. The Morgan fingerprint density at radius 2 is 1.72 bits per heavy atom. The van der Waals surface area contributed by atoms with E-state index in [9.17, 15) is 13.2 Å². The molecule has 0 aliphatic carbocycles. The van der Waals surface area contributed by atoms with Gasteiger partial charge < -0.3 is 5.32 Å². The van der Waals surface area contributed by atoms with Gasteiger partial charge in [-0.3, -0.25) is 4.79 Å². The fourth-order valence-electron chi connectivity index (χ4n) is 3.70. The maximum absolute atomic E-state index is 12.8. The lowest BCUT2D eigenvalue weighted by Gasteiger charge is -2.30. The lowest BCUT2D eigenvalue weighted by molar-refractivity contribution is -0.121. The van der Waals surface area contributed by atoms with Crippen LogP contribution in [0, 0.1) is 5.92 Å². The molecule has 10 heteroatoms. The van der Waals surface area contributed by atoms with Crippen LogP contribution in [0.25, 0.3) is 0 Å². The minimum Gasteiger partial charge on any atom is -0.311 e. The Bertz CT molecular complexity index is 1200. The van der Waals surface area contributed by atoms with E-state index in [0.717, 1.165) is 5.56 Å². The molecule has 1 saturated heterocycles. The van der Waals surface area contributed by atoms with Crippen LogP contribution in [0.3, 0.4) is 0 Å². The highest BCUT2D eigenvalue weighted by Crippen LogP contribution is 2.26. The molecule has 1 aliphatic rings. The number of aromatic nitrogens is 2. The molecular weight excluding hydrogens is 471 g/mol. The van der Waals surface area contributed by atoms with Gasteiger partial charge in [0.25, 0.3) is 0 Å². The van der Waals surface area contributed by atoms with Crippen LogP contribution in [0.5, 0.6) is 0 Å². The van der Waals surface area contributed by atoms with E-state index in [2.05, 4.69) is 10.4 Å². The van der Waals surface area contributed by atoms with Gasteiger partial charge in [0.05, 0.1) is 17.6 Å². The molecule has 4 rings (SSSR count). The average molecular weight is 493 g/mol. The van der Waals surface area contributed by atoms with Gasteiger partial charge in [0, 0.05) is 35.1 Å². The number of anilines is 1. The molecule has 7 nitrogen and oxygen atoms in total. The summed E-state index contributed by atoms with van der Waals surface area (Å²) in [5, 5.41) is 8.32. The number of carbonyl (C=O) groups is 1. The predicted octanol–water partition coefficient (Wildman–Crippen LogP) is 4.28. The van der Waals surface area contributed by atoms with E-state index >= 15 is 0 Å². The van der Waals surface area contributed by atoms with Gasteiger partial charge >= 0.3 is 0 Å². The lowest BCUT2D eigenvalue weighted by Crippen LogP contribution is -2.41. The number of nitrogens with one attached hydrogen (secondary N) is 1. The van der Waals surface area contributed by atoms with Gasteiger partial charge in [0.2, 0.25) is 15.9 Å². The molecule has 0 atom stereocenters. The number of sulfonamides is 1. The zero-order valence-electron chi connectivity index (χ0n) is 17.1. The second-order valence-electron chi connectivity index (χ2n) is 7.59. The van der Waals surface area contributed by atoms with E-state index < -0.39 is 10.0 Å². The number of nitrogens with zero attached hydrogens (tertiary/aromatic N) is 3. The molecule has 1 aliphatic heterocycles. The summed E-state index contributed by atoms with van der Waals surface area (Å²) in [7, 11) is -3.61. The summed E-state index contributed by atoms with van der Waals surface area (Å²) in [6.45, 7) is 0.990. The second kappa shape index (κ2) is 9.62. The summed E-state index contributed by atoms with van der Waals surface area (Å²) in [6.07, 6.45) is 2.50. The first-order chi connectivity index (χ1) is 15.3. The number of hydrogen-bond donors (Lipinski definition) is 1. The van der Waals surface area contributed by atoms with E-state index in [1.54, 1.807) is 29.1 Å². The van der Waals surface area contributed by atoms with Gasteiger partial charge in [-0.2, -0.15) is 9.40 Å². The summed E-state index contributed by atoms with van der Waals surface area (Å²) >= 11 is 12.1. The van der Waals surface area contributed by atoms with Crippen LogP contribution in [0.1, 0.15) is 18.4 Å². The third-order valence-corrected chi connectivity index (χ3v) is 8.06. The Morgan fingerprint density at radius 3 is 2.41 bits per heavy atom. The molecular formula is C22H22Cl2N4O3S. The molecule has 0 saturated carbocycles. The molecule has 2 aromatic carbocycles. The number of halogens is 2. The van der Waals surface area contributed by atoms with Crippen molar-refractivity contribution in [3.8, 4) is 0 Å². The standard InChI is InChI=1S/C22H22Cl2N4O3S/c23-18-5-7-19(8-6-18)32(30,31)27-13-10-16(11-14-27)22(29)26-21-9-12-25-28(21)15-17-3-1-2-4-20(17)24/h1-9,12,16H,10-11,13-15H2,(H,26,29). The number of rotatable bonds is 6. The molecule has 1 N–H and O–H groups in total. The number of hydrogen-bond acceptors (Lipinski definition) is 4. The first kappa shape index (κ1) is 22.8. The molecule has 0 spiro atoms. The summed E-state index contributed by atoms with van der Waals surface area (Å²) in [5.41, 5.74) is 0.897. The summed E-state index contributed by atoms with van der Waals surface area (Å²) in [4.78, 5) is 13.0. The molecule has 1 amide bonds. The molecule has 0 bridgehead atoms. The highest BCUT2D eigenvalue weighted by Gasteiger charge is 2.32. The molecule has 1 aromatic heterocycles. The number of amides is 1. The fraction of sp³-hybridized carbons (Fsp3) is 0.273. The van der Waals surface area contributed by atoms with Crippen LogP contribution in [0.2, 0.25) is 10.0 Å². The summed E-state index contributed by atoms with van der Waals surface area (Å²) in [5.74, 6) is 0.149. The Morgan fingerprint density at radius 1 is 1.03 bits per heavy atom. The predicted molar refractivity (Wildman–Crippen MR) is 124 cm³/mol. The molecule has 0 unspecified atom stereocenters. The van der Waals surface area contributed by atoms with Crippen LogP contribution < -0.4 is 5.32 Å². The first-order valence-corrected chi connectivity index (χ1v) is 12.4. The van der Waals surface area contributed by atoms with Crippen molar-refractivity contribution in [2.24, 2.45) is 5.92 Å². The molecule has 32 heavy (non-hydrogen) atoms. The summed E-state index contributed by atoms with van der Waals surface area (Å²) in [6, 6.07) is 15.3. The quantitative estimate of drug-likeness (QED) is 0.556. The van der Waals surface area contributed by atoms with Crippen molar-refractivity contribution in [1.82, 2.24) is 14.1 Å². The Balaban J connectivity index is 1.37. The van der Waals surface area contributed by atoms with Crippen molar-refractivity contribution in [2.45, 2.75) is 24.3 Å². The topological polar surface area (TPSA) is 84.3 Å². The van der Waals surface area contributed by atoms with Crippen molar-refractivity contribution in [3.63, 3.8) is 0 Å².